The van der Waals surface area contributed by atoms with Gasteiger partial charge in [0.25, 0.3) is 0 Å². The topological polar surface area (TPSA) is 49.8 Å². The molecule has 1 amide bonds. The van der Waals surface area contributed by atoms with Crippen molar-refractivity contribution < 1.29 is 14.6 Å². The molecule has 1 atom stereocenters. The van der Waals surface area contributed by atoms with Crippen LogP contribution in [0.25, 0.3) is 0 Å². The van der Waals surface area contributed by atoms with E-state index in [1.807, 2.05) is 0 Å². The molecular weight excluding hydrogens is 158 g/mol. The maximum Gasteiger partial charge on any atom is 0.410 e. The third-order valence-corrected chi connectivity index (χ3v) is 2.38. The third-order valence-electron chi connectivity index (χ3n) is 2.38. The average Bonchev–Trinajstić information content (AvgIpc) is 2.88. The fourth-order valence-corrected chi connectivity index (χ4v) is 1.47. The molecule has 2 rings (SSSR count). The summed E-state index contributed by atoms with van der Waals surface area (Å²) in [5.74, 6) is 0.114. The Kier molecular flexibility index (Phi) is 1.92. The zero-order valence-electron chi connectivity index (χ0n) is 6.90. The van der Waals surface area contributed by atoms with Gasteiger partial charge >= 0.3 is 6.09 Å². The van der Waals surface area contributed by atoms with E-state index in [0.717, 1.165) is 12.8 Å². The largest absolute Gasteiger partial charge is 0.449 e. The van der Waals surface area contributed by atoms with Crippen LogP contribution >= 0.6 is 0 Å². The molecule has 1 saturated heterocycles. The van der Waals surface area contributed by atoms with Gasteiger partial charge in [-0.3, -0.25) is 0 Å². The van der Waals surface area contributed by atoms with E-state index >= 15 is 0 Å². The number of carbonyl (C=O) groups excluding carboxylic acids is 1. The number of nitrogens with zero attached hydrogens (tertiary/aromatic N) is 1. The number of ether oxygens (including phenoxy) is 1. The standard InChI is InChI=1S/C8H13NO3/c10-4-6-3-9(7-1-2-7)8(11)12-5-6/h6-7,10H,1-5H2. The molecule has 2 fully saturated rings. The quantitative estimate of drug-likeness (QED) is 0.646. The molecule has 0 aromatic carbocycles. The lowest BCUT2D eigenvalue weighted by atomic mass is 10.1. The van der Waals surface area contributed by atoms with Gasteiger partial charge in [-0.05, 0) is 12.8 Å². The van der Waals surface area contributed by atoms with Crippen molar-refractivity contribution in [1.29, 1.82) is 0 Å². The number of hydrogen-bond donors (Lipinski definition) is 1. The molecule has 1 aliphatic carbocycles. The fourth-order valence-electron chi connectivity index (χ4n) is 1.47. The minimum absolute atomic E-state index is 0.108. The van der Waals surface area contributed by atoms with E-state index in [1.165, 1.54) is 0 Å². The predicted octanol–water partition coefficient (Wildman–Crippen LogP) is 0.210. The first-order valence-electron chi connectivity index (χ1n) is 4.35. The number of hydrogen-bond acceptors (Lipinski definition) is 3. The molecular formula is C8H13NO3. The van der Waals surface area contributed by atoms with Gasteiger partial charge in [-0.2, -0.15) is 0 Å². The molecule has 0 spiro atoms. The summed E-state index contributed by atoms with van der Waals surface area (Å²) in [6.45, 7) is 1.15. The lowest BCUT2D eigenvalue weighted by Gasteiger charge is -2.31. The molecule has 1 saturated carbocycles. The van der Waals surface area contributed by atoms with Crippen molar-refractivity contribution in [3.05, 3.63) is 0 Å². The normalized spacial score (nSPS) is 30.2. The van der Waals surface area contributed by atoms with Crippen molar-refractivity contribution in [3.63, 3.8) is 0 Å². The van der Waals surface area contributed by atoms with E-state index in [0.29, 0.717) is 19.2 Å². The second-order valence-electron chi connectivity index (χ2n) is 3.51. The highest BCUT2D eigenvalue weighted by Gasteiger charge is 2.37. The summed E-state index contributed by atoms with van der Waals surface area (Å²) in [5.41, 5.74) is 0. The van der Waals surface area contributed by atoms with Crippen LogP contribution in [0, 0.1) is 5.92 Å². The van der Waals surface area contributed by atoms with Crippen LogP contribution in [0.5, 0.6) is 0 Å². The predicted molar refractivity (Wildman–Crippen MR) is 41.7 cm³/mol. The molecule has 1 heterocycles. The van der Waals surface area contributed by atoms with Gasteiger partial charge < -0.3 is 14.7 Å². The Morgan fingerprint density at radius 3 is 2.92 bits per heavy atom. The van der Waals surface area contributed by atoms with E-state index in [4.69, 9.17) is 9.84 Å². The Labute approximate surface area is 71.1 Å². The summed E-state index contributed by atoms with van der Waals surface area (Å²) in [6, 6.07) is 0.395. The minimum Gasteiger partial charge on any atom is -0.449 e. The second-order valence-corrected chi connectivity index (χ2v) is 3.51. The average molecular weight is 171 g/mol. The summed E-state index contributed by atoms with van der Waals surface area (Å²) in [5, 5.41) is 8.88. The van der Waals surface area contributed by atoms with Gasteiger partial charge in [-0.15, -0.1) is 0 Å². The number of amides is 1. The van der Waals surface area contributed by atoms with Crippen LogP contribution in [0.4, 0.5) is 4.79 Å². The van der Waals surface area contributed by atoms with E-state index in [-0.39, 0.29) is 18.6 Å². The van der Waals surface area contributed by atoms with Crippen LogP contribution in [-0.4, -0.2) is 41.9 Å². The van der Waals surface area contributed by atoms with Crippen LogP contribution in [0.3, 0.4) is 0 Å². The Hall–Kier alpha value is -0.770. The Morgan fingerprint density at radius 1 is 1.58 bits per heavy atom. The van der Waals surface area contributed by atoms with E-state index in [1.54, 1.807) is 4.90 Å². The Morgan fingerprint density at radius 2 is 2.33 bits per heavy atom. The molecule has 1 N–H and O–H groups in total. The number of aliphatic hydroxyl groups is 1. The first-order valence-corrected chi connectivity index (χ1v) is 4.35. The SMILES string of the molecule is O=C1OCC(CO)CN1C1CC1. The van der Waals surface area contributed by atoms with Crippen molar-refractivity contribution in [3.8, 4) is 0 Å². The lowest BCUT2D eigenvalue weighted by Crippen LogP contribution is -2.45. The highest BCUT2D eigenvalue weighted by molar-refractivity contribution is 5.69. The zero-order valence-corrected chi connectivity index (χ0v) is 6.90. The van der Waals surface area contributed by atoms with Gasteiger partial charge in [0.1, 0.15) is 0 Å². The zero-order chi connectivity index (χ0) is 8.55. The van der Waals surface area contributed by atoms with Crippen LogP contribution in [0.2, 0.25) is 0 Å². The van der Waals surface area contributed by atoms with Crippen LogP contribution in [0.15, 0.2) is 0 Å². The molecule has 0 radical (unpaired) electrons. The van der Waals surface area contributed by atoms with Gasteiger partial charge in [0.05, 0.1) is 13.2 Å². The smallest absolute Gasteiger partial charge is 0.410 e. The van der Waals surface area contributed by atoms with Crippen LogP contribution in [0.1, 0.15) is 12.8 Å². The second kappa shape index (κ2) is 2.94. The molecule has 4 nitrogen and oxygen atoms in total. The van der Waals surface area contributed by atoms with Gasteiger partial charge in [0.15, 0.2) is 0 Å². The summed E-state index contributed by atoms with van der Waals surface area (Å²) in [6.07, 6.45) is 1.97. The number of cyclic esters (lactones) is 1. The van der Waals surface area contributed by atoms with Gasteiger partial charge in [-0.1, -0.05) is 0 Å². The molecule has 1 aliphatic heterocycles. The van der Waals surface area contributed by atoms with Gasteiger partial charge in [0.2, 0.25) is 0 Å². The first kappa shape index (κ1) is 7.86. The molecule has 0 aromatic rings. The van der Waals surface area contributed by atoms with E-state index in [9.17, 15) is 4.79 Å². The molecule has 0 bridgehead atoms. The fraction of sp³-hybridized carbons (Fsp3) is 0.875. The van der Waals surface area contributed by atoms with E-state index < -0.39 is 0 Å². The molecule has 1 unspecified atom stereocenters. The summed E-state index contributed by atoms with van der Waals surface area (Å²) >= 11 is 0. The molecule has 12 heavy (non-hydrogen) atoms. The molecule has 4 heteroatoms. The van der Waals surface area contributed by atoms with Gasteiger partial charge in [-0.25, -0.2) is 4.79 Å². The van der Waals surface area contributed by atoms with Crippen molar-refractivity contribution >= 4 is 6.09 Å². The van der Waals surface area contributed by atoms with Crippen molar-refractivity contribution in [2.75, 3.05) is 19.8 Å². The van der Waals surface area contributed by atoms with Crippen molar-refractivity contribution in [2.45, 2.75) is 18.9 Å². The minimum atomic E-state index is -0.206. The third kappa shape index (κ3) is 1.39. The first-order chi connectivity index (χ1) is 5.81. The number of rotatable bonds is 2. The maximum atomic E-state index is 11.2. The van der Waals surface area contributed by atoms with E-state index in [2.05, 4.69) is 0 Å². The Bertz CT molecular complexity index is 191. The molecule has 68 valence electrons. The number of aliphatic hydroxyl groups excluding tert-OH is 1. The summed E-state index contributed by atoms with van der Waals surface area (Å²) in [4.78, 5) is 12.9. The summed E-state index contributed by atoms with van der Waals surface area (Å²) in [7, 11) is 0. The highest BCUT2D eigenvalue weighted by atomic mass is 16.6. The van der Waals surface area contributed by atoms with Crippen molar-refractivity contribution in [2.24, 2.45) is 5.92 Å². The van der Waals surface area contributed by atoms with Gasteiger partial charge in [0, 0.05) is 18.5 Å². The Balaban J connectivity index is 1.94. The summed E-state index contributed by atoms with van der Waals surface area (Å²) < 4.78 is 4.92. The molecule has 0 aromatic heterocycles. The number of carbonyl (C=O) groups is 1. The maximum absolute atomic E-state index is 11.2. The van der Waals surface area contributed by atoms with Crippen LogP contribution < -0.4 is 0 Å². The molecule has 2 aliphatic rings. The lowest BCUT2D eigenvalue weighted by molar-refractivity contribution is 0.0221. The monoisotopic (exact) mass is 171 g/mol. The van der Waals surface area contributed by atoms with Crippen LogP contribution in [-0.2, 0) is 4.74 Å². The highest BCUT2D eigenvalue weighted by Crippen LogP contribution is 2.29. The van der Waals surface area contributed by atoms with Crippen molar-refractivity contribution in [1.82, 2.24) is 4.90 Å².